The second-order valence-corrected chi connectivity index (χ2v) is 37.4. The highest BCUT2D eigenvalue weighted by Gasteiger charge is 2.47. The van der Waals surface area contributed by atoms with Gasteiger partial charge in [-0.1, -0.05) is 310 Å². The first-order valence-corrected chi connectivity index (χ1v) is 41.1. The Hall–Kier alpha value is -12.6. The molecule has 566 valence electrons. The van der Waals surface area contributed by atoms with E-state index in [-0.39, 0.29) is 44.7 Å². The summed E-state index contributed by atoms with van der Waals surface area (Å²) in [5.74, 6) is 0. The lowest BCUT2D eigenvalue weighted by atomic mass is 9.33. The molecule has 0 unspecified atom stereocenters. The van der Waals surface area contributed by atoms with E-state index in [1.54, 1.807) is 0 Å². The molecule has 0 saturated heterocycles. The monoisotopic (exact) mass is 1500 g/mol. The molecular weight excluding hydrogens is 1400 g/mol. The maximum absolute atomic E-state index is 9.86. The van der Waals surface area contributed by atoms with E-state index in [1.165, 1.54) is 33.0 Å². The van der Waals surface area contributed by atoms with Gasteiger partial charge >= 0.3 is 0 Å². The second kappa shape index (κ2) is 26.5. The maximum atomic E-state index is 9.86. The van der Waals surface area contributed by atoms with Crippen LogP contribution in [0.5, 0.6) is 0 Å². The summed E-state index contributed by atoms with van der Waals surface area (Å²) in [5.41, 5.74) is 30.2. The average Bonchev–Trinajstić information content (AvgIpc) is 1.62. The van der Waals surface area contributed by atoms with Gasteiger partial charge in [0.15, 0.2) is 0 Å². The van der Waals surface area contributed by atoms with Crippen molar-refractivity contribution in [2.45, 2.75) is 131 Å². The predicted molar refractivity (Wildman–Crippen MR) is 499 cm³/mol. The molecular formula is C110H98BN5. The highest BCUT2D eigenvalue weighted by molar-refractivity contribution is 7.00. The fraction of sp³-hybridized carbons (Fsp3) is 0.182. The van der Waals surface area contributed by atoms with Gasteiger partial charge in [-0.3, -0.25) is 0 Å². The Morgan fingerprint density at radius 3 is 1.10 bits per heavy atom. The number of hydrogen-bond donors (Lipinski definition) is 0. The van der Waals surface area contributed by atoms with Crippen molar-refractivity contribution in [2.75, 3.05) is 9.80 Å². The molecule has 3 aromatic heterocycles. The highest BCUT2D eigenvalue weighted by atomic mass is 15.2. The minimum Gasteiger partial charge on any atom is -0.310 e. The maximum Gasteiger partial charge on any atom is 0.252 e. The molecule has 0 atom stereocenters. The lowest BCUT2D eigenvalue weighted by molar-refractivity contribution is 0.590. The van der Waals surface area contributed by atoms with Crippen molar-refractivity contribution in [3.05, 3.63) is 349 Å². The Balaban J connectivity index is 1.03. The number of fused-ring (bicyclic) bond motifs is 13. The van der Waals surface area contributed by atoms with Gasteiger partial charge in [0.1, 0.15) is 0 Å². The van der Waals surface area contributed by atoms with E-state index in [1.807, 2.05) is 6.07 Å². The lowest BCUT2D eigenvalue weighted by Gasteiger charge is -2.46. The molecule has 0 aliphatic carbocycles. The SMILES string of the molecule is [2H]c1c([2H])c([2H])c(-c2ccc3c(c2)N(c2c(-c4ccccc4)cc(C(C)(C)C)cc2-c2ccccc2)c2cc(-n4c5ccc(C(C)(C)C)cc5c5cc(C(C)(C)C)ccc54)cc4c2B3c2ccc(-n3c5ccc(C(C)(C)C)cc5c5cc(C(C)(C)C)ccc53)cc2N4c2c(-c3ccccc3)ccc3c2c2ccccc2n3-c2ccccc2)c([2H])c1[2H]. The van der Waals surface area contributed by atoms with Gasteiger partial charge in [-0.15, -0.1) is 0 Å². The first-order valence-electron chi connectivity index (χ1n) is 43.6. The molecule has 2 aliphatic rings. The van der Waals surface area contributed by atoms with E-state index in [9.17, 15) is 5.48 Å². The Morgan fingerprint density at radius 1 is 0.250 bits per heavy atom. The summed E-state index contributed by atoms with van der Waals surface area (Å²) >= 11 is 0. The van der Waals surface area contributed by atoms with Crippen molar-refractivity contribution in [2.24, 2.45) is 0 Å². The lowest BCUT2D eigenvalue weighted by Crippen LogP contribution is -2.61. The summed E-state index contributed by atoms with van der Waals surface area (Å²) in [6.07, 6.45) is 0. The van der Waals surface area contributed by atoms with Crippen LogP contribution in [0.1, 0.15) is 139 Å². The largest absolute Gasteiger partial charge is 0.310 e. The van der Waals surface area contributed by atoms with Crippen LogP contribution in [-0.2, 0) is 27.1 Å². The molecule has 0 amide bonds. The van der Waals surface area contributed by atoms with Crippen LogP contribution in [0.2, 0.25) is 0 Å². The van der Waals surface area contributed by atoms with Gasteiger partial charge < -0.3 is 23.5 Å². The topological polar surface area (TPSA) is 21.3 Å². The van der Waals surface area contributed by atoms with E-state index < -0.39 is 24.8 Å². The van der Waals surface area contributed by atoms with E-state index in [0.717, 1.165) is 161 Å². The van der Waals surface area contributed by atoms with Crippen LogP contribution in [0.15, 0.2) is 321 Å². The quantitative estimate of drug-likeness (QED) is 0.134. The van der Waals surface area contributed by atoms with Crippen LogP contribution in [0.3, 0.4) is 0 Å². The molecule has 116 heavy (non-hydrogen) atoms. The van der Waals surface area contributed by atoms with Crippen LogP contribution >= 0.6 is 0 Å². The van der Waals surface area contributed by atoms with Crippen molar-refractivity contribution in [1.82, 2.24) is 13.7 Å². The summed E-state index contributed by atoms with van der Waals surface area (Å²) in [4.78, 5) is 5.21. The number of aromatic nitrogens is 3. The fourth-order valence-electron chi connectivity index (χ4n) is 18.7. The molecule has 18 aromatic rings. The Morgan fingerprint density at radius 2 is 0.629 bits per heavy atom. The number of anilines is 6. The molecule has 0 fully saturated rings. The molecule has 2 aliphatic heterocycles. The molecule has 0 bridgehead atoms. The van der Waals surface area contributed by atoms with Crippen LogP contribution in [-0.4, -0.2) is 20.4 Å². The first-order chi connectivity index (χ1) is 57.8. The van der Waals surface area contributed by atoms with Crippen LogP contribution < -0.4 is 26.2 Å². The van der Waals surface area contributed by atoms with Crippen molar-refractivity contribution in [1.29, 1.82) is 0 Å². The number of para-hydroxylation sites is 2. The Kier molecular flexibility index (Phi) is 15.2. The van der Waals surface area contributed by atoms with Gasteiger partial charge in [0.05, 0.1) is 57.0 Å². The number of rotatable bonds is 9. The third kappa shape index (κ3) is 11.7. The molecule has 5 heterocycles. The number of benzene rings is 15. The zero-order chi connectivity index (χ0) is 84.2. The van der Waals surface area contributed by atoms with E-state index >= 15 is 0 Å². The summed E-state index contributed by atoms with van der Waals surface area (Å²) < 4.78 is 54.9. The third-order valence-electron chi connectivity index (χ3n) is 24.8. The average molecular weight is 1510 g/mol. The van der Waals surface area contributed by atoms with Crippen molar-refractivity contribution < 1.29 is 6.85 Å². The van der Waals surface area contributed by atoms with Crippen molar-refractivity contribution in [3.63, 3.8) is 0 Å². The molecule has 0 spiro atoms. The highest BCUT2D eigenvalue weighted by Crippen LogP contribution is 2.56. The zero-order valence-electron chi connectivity index (χ0n) is 74.0. The number of nitrogens with zero attached hydrogens (tertiary/aromatic N) is 5. The summed E-state index contributed by atoms with van der Waals surface area (Å²) in [6, 6.07) is 107. The Bertz CT molecular complexity index is 7110. The van der Waals surface area contributed by atoms with E-state index in [4.69, 9.17) is 1.37 Å². The summed E-state index contributed by atoms with van der Waals surface area (Å²) in [6.45, 7) is 34.1. The minimum atomic E-state index is -0.511. The molecule has 6 heteroatoms. The smallest absolute Gasteiger partial charge is 0.252 e. The molecule has 20 rings (SSSR count). The van der Waals surface area contributed by atoms with Gasteiger partial charge in [-0.2, -0.15) is 0 Å². The van der Waals surface area contributed by atoms with Crippen LogP contribution in [0, 0.1) is 0 Å². The molecule has 0 saturated carbocycles. The van der Waals surface area contributed by atoms with Crippen LogP contribution in [0.4, 0.5) is 34.1 Å². The molecule has 5 nitrogen and oxygen atoms in total. The summed E-state index contributed by atoms with van der Waals surface area (Å²) in [5, 5.41) is 6.89. The molecule has 15 aromatic carbocycles. The van der Waals surface area contributed by atoms with Gasteiger partial charge in [-0.25, -0.2) is 0 Å². The number of hydrogen-bond acceptors (Lipinski definition) is 2. The van der Waals surface area contributed by atoms with Gasteiger partial charge in [0, 0.05) is 83.1 Å². The van der Waals surface area contributed by atoms with Gasteiger partial charge in [0.2, 0.25) is 0 Å². The van der Waals surface area contributed by atoms with Crippen LogP contribution in [0.25, 0.3) is 127 Å². The molecule has 0 radical (unpaired) electrons. The standard InChI is InChI=1S/C110H98BN5/c1-106(2,3)74-46-54-93-86(60-74)87-61-75(107(4,5)6)47-55-94(87)113(93)80-50-53-91-99(66-80)116(105-82(70-35-23-17-24-36-70)51-58-97-102(105)83-43-31-32-44-92(83)112(97)79-41-29-20-30-42-79)101-68-81(114-95-56-48-76(108(7,8)9)62-88(95)89-63-77(109(10,11)12)49-57-96(89)114)67-100-103(101)111(91)90-52-45-73(69-33-21-16-22-34-69)59-98(90)115(100)104-84(71-37-25-18-26-38-71)64-78(110(13,14)15)65-85(104)72-39-27-19-28-40-72/h16-68H,1-15H3/i16D,21D,22D,33D,34D. The van der Waals surface area contributed by atoms with Gasteiger partial charge in [0.25, 0.3) is 6.71 Å². The fourth-order valence-corrected chi connectivity index (χ4v) is 18.7. The van der Waals surface area contributed by atoms with E-state index in [2.05, 4.69) is 412 Å². The zero-order valence-corrected chi connectivity index (χ0v) is 69.0. The normalized spacial score (nSPS) is 13.9. The minimum absolute atomic E-state index is 0.129. The second-order valence-electron chi connectivity index (χ2n) is 37.4. The van der Waals surface area contributed by atoms with Crippen molar-refractivity contribution in [3.8, 4) is 61.6 Å². The van der Waals surface area contributed by atoms with Gasteiger partial charge in [-0.05, 0) is 214 Å². The van der Waals surface area contributed by atoms with E-state index in [0.29, 0.717) is 5.56 Å². The predicted octanol–water partition coefficient (Wildman–Crippen LogP) is 28.2. The first kappa shape index (κ1) is 66.8. The molecule has 0 N–H and O–H groups in total. The summed E-state index contributed by atoms with van der Waals surface area (Å²) in [7, 11) is 0. The van der Waals surface area contributed by atoms with Crippen molar-refractivity contribution >= 4 is 123 Å². The Labute approximate surface area is 690 Å². The third-order valence-corrected chi connectivity index (χ3v) is 24.8.